The van der Waals surface area contributed by atoms with E-state index in [9.17, 15) is 9.59 Å². The van der Waals surface area contributed by atoms with E-state index in [0.717, 1.165) is 5.75 Å². The second kappa shape index (κ2) is 8.75. The van der Waals surface area contributed by atoms with Crippen LogP contribution in [-0.2, 0) is 11.3 Å². The Kier molecular flexibility index (Phi) is 5.92. The molecule has 7 nitrogen and oxygen atoms in total. The molecule has 3 aromatic rings. The molecule has 0 aliphatic carbocycles. The molecule has 0 spiro atoms. The molecular formula is C19H20N4O3. The molecule has 0 saturated carbocycles. The molecule has 134 valence electrons. The van der Waals surface area contributed by atoms with Crippen molar-refractivity contribution in [3.8, 4) is 5.75 Å². The van der Waals surface area contributed by atoms with Gasteiger partial charge in [-0.2, -0.15) is 0 Å². The minimum Gasteiger partial charge on any atom is -0.494 e. The number of aromatic nitrogens is 3. The largest absolute Gasteiger partial charge is 0.494 e. The summed E-state index contributed by atoms with van der Waals surface area (Å²) in [4.78, 5) is 24.2. The zero-order valence-electron chi connectivity index (χ0n) is 14.3. The number of fused-ring (bicyclic) bond motifs is 1. The van der Waals surface area contributed by atoms with E-state index >= 15 is 0 Å². The third kappa shape index (κ3) is 4.66. The lowest BCUT2D eigenvalue weighted by molar-refractivity contribution is -0.121. The van der Waals surface area contributed by atoms with Crippen LogP contribution in [0.25, 0.3) is 10.9 Å². The van der Waals surface area contributed by atoms with Gasteiger partial charge in [0.25, 0.3) is 5.56 Å². The van der Waals surface area contributed by atoms with Crippen LogP contribution < -0.4 is 15.6 Å². The van der Waals surface area contributed by atoms with Crippen LogP contribution in [0.3, 0.4) is 0 Å². The number of hydrogen-bond donors (Lipinski definition) is 1. The number of nitrogens with zero attached hydrogens (tertiary/aromatic N) is 3. The number of benzene rings is 2. The Bertz CT molecular complexity index is 925. The highest BCUT2D eigenvalue weighted by Gasteiger charge is 2.07. The van der Waals surface area contributed by atoms with Crippen LogP contribution in [0.5, 0.6) is 5.75 Å². The molecule has 1 heterocycles. The molecule has 1 aromatic heterocycles. The lowest BCUT2D eigenvalue weighted by Crippen LogP contribution is -2.30. The van der Waals surface area contributed by atoms with Crippen molar-refractivity contribution in [3.63, 3.8) is 0 Å². The number of aryl methyl sites for hydroxylation is 1. The van der Waals surface area contributed by atoms with E-state index in [1.807, 2.05) is 30.3 Å². The Morgan fingerprint density at radius 3 is 2.69 bits per heavy atom. The zero-order valence-corrected chi connectivity index (χ0v) is 14.3. The Hall–Kier alpha value is -3.22. The van der Waals surface area contributed by atoms with Gasteiger partial charge in [-0.05, 0) is 30.7 Å². The minimum absolute atomic E-state index is 0.133. The third-order valence-corrected chi connectivity index (χ3v) is 3.84. The molecule has 0 unspecified atom stereocenters. The number of amides is 1. The lowest BCUT2D eigenvalue weighted by atomic mass is 10.2. The molecule has 1 N–H and O–H groups in total. The molecule has 1 amide bonds. The highest BCUT2D eigenvalue weighted by molar-refractivity contribution is 5.77. The van der Waals surface area contributed by atoms with Crippen molar-refractivity contribution in [2.45, 2.75) is 19.4 Å². The van der Waals surface area contributed by atoms with E-state index in [0.29, 0.717) is 30.5 Å². The predicted molar refractivity (Wildman–Crippen MR) is 98.0 cm³/mol. The van der Waals surface area contributed by atoms with Gasteiger partial charge in [0.1, 0.15) is 11.3 Å². The second-order valence-electron chi connectivity index (χ2n) is 5.75. The first kappa shape index (κ1) is 17.6. The maximum atomic E-state index is 12.3. The summed E-state index contributed by atoms with van der Waals surface area (Å²) in [5.74, 6) is 0.680. The van der Waals surface area contributed by atoms with Gasteiger partial charge >= 0.3 is 0 Å². The maximum absolute atomic E-state index is 12.3. The quantitative estimate of drug-likeness (QED) is 0.625. The van der Waals surface area contributed by atoms with Gasteiger partial charge in [0.2, 0.25) is 5.91 Å². The van der Waals surface area contributed by atoms with E-state index in [1.54, 1.807) is 24.3 Å². The summed E-state index contributed by atoms with van der Waals surface area (Å²) < 4.78 is 6.78. The molecular weight excluding hydrogens is 332 g/mol. The van der Waals surface area contributed by atoms with Crippen molar-refractivity contribution in [1.29, 1.82) is 0 Å². The first-order valence-electron chi connectivity index (χ1n) is 8.51. The number of carbonyl (C=O) groups excluding carboxylic acids is 1. The first-order chi connectivity index (χ1) is 12.7. The molecule has 0 aliphatic rings. The summed E-state index contributed by atoms with van der Waals surface area (Å²) in [5.41, 5.74) is 0.316. The van der Waals surface area contributed by atoms with E-state index < -0.39 is 0 Å². The van der Waals surface area contributed by atoms with E-state index in [2.05, 4.69) is 15.6 Å². The molecule has 0 radical (unpaired) electrons. The smallest absolute Gasteiger partial charge is 0.277 e. The second-order valence-corrected chi connectivity index (χ2v) is 5.75. The number of hydrogen-bond acceptors (Lipinski definition) is 5. The van der Waals surface area contributed by atoms with Crippen molar-refractivity contribution >= 4 is 16.8 Å². The van der Waals surface area contributed by atoms with Crippen LogP contribution in [-0.4, -0.2) is 34.1 Å². The van der Waals surface area contributed by atoms with Crippen molar-refractivity contribution in [1.82, 2.24) is 20.3 Å². The molecule has 2 aromatic carbocycles. The summed E-state index contributed by atoms with van der Waals surface area (Å²) in [5, 5.41) is 11.2. The van der Waals surface area contributed by atoms with Crippen LogP contribution in [0, 0.1) is 0 Å². The van der Waals surface area contributed by atoms with Crippen LogP contribution in [0.1, 0.15) is 12.8 Å². The van der Waals surface area contributed by atoms with Crippen molar-refractivity contribution in [2.24, 2.45) is 0 Å². The molecule has 0 atom stereocenters. The summed E-state index contributed by atoms with van der Waals surface area (Å²) in [6, 6.07) is 16.5. The van der Waals surface area contributed by atoms with Gasteiger partial charge in [-0.15, -0.1) is 5.10 Å². The fourth-order valence-electron chi connectivity index (χ4n) is 2.47. The Morgan fingerprint density at radius 1 is 1.08 bits per heavy atom. The Labute approximate surface area is 150 Å². The van der Waals surface area contributed by atoms with Crippen molar-refractivity contribution < 1.29 is 9.53 Å². The highest BCUT2D eigenvalue weighted by atomic mass is 16.5. The number of rotatable bonds is 8. The number of para-hydroxylation sites is 1. The summed E-state index contributed by atoms with van der Waals surface area (Å²) in [7, 11) is 0. The average molecular weight is 352 g/mol. The van der Waals surface area contributed by atoms with Crippen molar-refractivity contribution in [2.75, 3.05) is 13.2 Å². The Balaban J connectivity index is 1.40. The minimum atomic E-state index is -0.236. The van der Waals surface area contributed by atoms with Crippen LogP contribution in [0.2, 0.25) is 0 Å². The van der Waals surface area contributed by atoms with Gasteiger partial charge in [0, 0.05) is 13.0 Å². The number of nitrogens with one attached hydrogen (secondary N) is 1. The normalized spacial score (nSPS) is 10.6. The van der Waals surface area contributed by atoms with Gasteiger partial charge in [0.05, 0.1) is 18.5 Å². The van der Waals surface area contributed by atoms with Gasteiger partial charge in [0.15, 0.2) is 0 Å². The summed E-state index contributed by atoms with van der Waals surface area (Å²) in [6.45, 7) is 1.24. The van der Waals surface area contributed by atoms with Crippen LogP contribution in [0.15, 0.2) is 59.4 Å². The molecule has 0 fully saturated rings. The average Bonchev–Trinajstić information content (AvgIpc) is 2.68. The van der Waals surface area contributed by atoms with E-state index in [-0.39, 0.29) is 24.4 Å². The van der Waals surface area contributed by atoms with Gasteiger partial charge in [-0.3, -0.25) is 9.59 Å². The van der Waals surface area contributed by atoms with Crippen LogP contribution >= 0.6 is 0 Å². The maximum Gasteiger partial charge on any atom is 0.277 e. The summed E-state index contributed by atoms with van der Waals surface area (Å²) in [6.07, 6.45) is 0.878. The SMILES string of the molecule is O=C(CCn1nnc2ccccc2c1=O)NCCCOc1ccccc1. The van der Waals surface area contributed by atoms with E-state index in [4.69, 9.17) is 4.74 Å². The standard InChI is InChI=1S/C19H20N4O3/c24-18(20-12-6-14-26-15-7-2-1-3-8-15)11-13-23-19(25)16-9-4-5-10-17(16)21-22-23/h1-5,7-10H,6,11-14H2,(H,20,24). The van der Waals surface area contributed by atoms with Gasteiger partial charge < -0.3 is 10.1 Å². The predicted octanol–water partition coefficient (Wildman–Crippen LogP) is 1.77. The molecule has 3 rings (SSSR count). The highest BCUT2D eigenvalue weighted by Crippen LogP contribution is 2.08. The third-order valence-electron chi connectivity index (χ3n) is 3.84. The molecule has 26 heavy (non-hydrogen) atoms. The zero-order chi connectivity index (χ0) is 18.2. The van der Waals surface area contributed by atoms with Gasteiger partial charge in [-0.1, -0.05) is 35.5 Å². The van der Waals surface area contributed by atoms with Gasteiger partial charge in [-0.25, -0.2) is 4.68 Å². The molecule has 0 bridgehead atoms. The van der Waals surface area contributed by atoms with E-state index in [1.165, 1.54) is 4.68 Å². The van der Waals surface area contributed by atoms with Crippen LogP contribution in [0.4, 0.5) is 0 Å². The number of carbonyl (C=O) groups is 1. The lowest BCUT2D eigenvalue weighted by Gasteiger charge is -2.08. The molecule has 0 aliphatic heterocycles. The topological polar surface area (TPSA) is 86.1 Å². The fourth-order valence-corrected chi connectivity index (χ4v) is 2.47. The first-order valence-corrected chi connectivity index (χ1v) is 8.51. The fraction of sp³-hybridized carbons (Fsp3) is 0.263. The number of ether oxygens (including phenoxy) is 1. The Morgan fingerprint density at radius 2 is 1.85 bits per heavy atom. The molecule has 0 saturated heterocycles. The van der Waals surface area contributed by atoms with Crippen molar-refractivity contribution in [3.05, 3.63) is 65.0 Å². The molecule has 7 heteroatoms. The summed E-state index contributed by atoms with van der Waals surface area (Å²) >= 11 is 0. The monoisotopic (exact) mass is 352 g/mol.